The molecule has 1 heterocycles. The standard InChI is InChI=1S/C16H31N3O/c1-13-11-17-12-15(13)16(20)18-9-6-10-19(2)14-7-4-3-5-8-14/h13-15,17H,3-12H2,1-2H3,(H,18,20)/t13-,15-/m1/s1. The van der Waals surface area contributed by atoms with E-state index in [1.165, 1.54) is 32.1 Å². The van der Waals surface area contributed by atoms with Crippen molar-refractivity contribution < 1.29 is 4.79 Å². The Morgan fingerprint density at radius 1 is 1.25 bits per heavy atom. The van der Waals surface area contributed by atoms with Crippen molar-refractivity contribution in [3.05, 3.63) is 0 Å². The summed E-state index contributed by atoms with van der Waals surface area (Å²) >= 11 is 0. The average molecular weight is 281 g/mol. The smallest absolute Gasteiger partial charge is 0.224 e. The van der Waals surface area contributed by atoms with Crippen molar-refractivity contribution in [1.29, 1.82) is 0 Å². The monoisotopic (exact) mass is 281 g/mol. The van der Waals surface area contributed by atoms with Crippen LogP contribution in [0.3, 0.4) is 0 Å². The van der Waals surface area contributed by atoms with E-state index in [1.54, 1.807) is 0 Å². The van der Waals surface area contributed by atoms with Crippen molar-refractivity contribution in [2.24, 2.45) is 11.8 Å². The van der Waals surface area contributed by atoms with Crippen LogP contribution >= 0.6 is 0 Å². The van der Waals surface area contributed by atoms with Gasteiger partial charge in [-0.15, -0.1) is 0 Å². The molecule has 1 aliphatic heterocycles. The van der Waals surface area contributed by atoms with Crippen LogP contribution in [-0.2, 0) is 4.79 Å². The minimum Gasteiger partial charge on any atom is -0.356 e. The first-order chi connectivity index (χ1) is 9.68. The molecule has 0 radical (unpaired) electrons. The van der Waals surface area contributed by atoms with Gasteiger partial charge in [-0.25, -0.2) is 0 Å². The maximum atomic E-state index is 12.0. The van der Waals surface area contributed by atoms with E-state index in [4.69, 9.17) is 0 Å². The highest BCUT2D eigenvalue weighted by Gasteiger charge is 2.29. The Balaban J connectivity index is 1.57. The van der Waals surface area contributed by atoms with Crippen LogP contribution in [0.4, 0.5) is 0 Å². The van der Waals surface area contributed by atoms with Gasteiger partial charge in [0.1, 0.15) is 0 Å². The van der Waals surface area contributed by atoms with E-state index in [-0.39, 0.29) is 11.8 Å². The van der Waals surface area contributed by atoms with Gasteiger partial charge in [-0.1, -0.05) is 26.2 Å². The number of amides is 1. The Kier molecular flexibility index (Phi) is 6.30. The van der Waals surface area contributed by atoms with E-state index in [0.717, 1.165) is 38.6 Å². The Bertz CT molecular complexity index is 302. The second-order valence-corrected chi connectivity index (χ2v) is 6.66. The van der Waals surface area contributed by atoms with Crippen LogP contribution in [0.2, 0.25) is 0 Å². The SMILES string of the molecule is C[C@@H]1CNC[C@H]1C(=O)NCCCN(C)C1CCCCC1. The highest BCUT2D eigenvalue weighted by molar-refractivity contribution is 5.79. The van der Waals surface area contributed by atoms with Gasteiger partial charge < -0.3 is 15.5 Å². The molecule has 4 heteroatoms. The molecule has 2 rings (SSSR count). The molecule has 0 aromatic carbocycles. The average Bonchev–Trinajstić information content (AvgIpc) is 2.90. The minimum atomic E-state index is 0.172. The van der Waals surface area contributed by atoms with Gasteiger partial charge in [0.15, 0.2) is 0 Å². The third-order valence-corrected chi connectivity index (χ3v) is 5.04. The number of rotatable bonds is 6. The molecule has 1 saturated carbocycles. The fourth-order valence-corrected chi connectivity index (χ4v) is 3.54. The summed E-state index contributed by atoms with van der Waals surface area (Å²) in [5.74, 6) is 0.883. The van der Waals surface area contributed by atoms with Gasteiger partial charge >= 0.3 is 0 Å². The first-order valence-electron chi connectivity index (χ1n) is 8.37. The van der Waals surface area contributed by atoms with E-state index in [9.17, 15) is 4.79 Å². The summed E-state index contributed by atoms with van der Waals surface area (Å²) in [5.41, 5.74) is 0. The van der Waals surface area contributed by atoms with Crippen molar-refractivity contribution in [3.8, 4) is 0 Å². The van der Waals surface area contributed by atoms with Gasteiger partial charge in [-0.2, -0.15) is 0 Å². The molecule has 20 heavy (non-hydrogen) atoms. The van der Waals surface area contributed by atoms with Crippen LogP contribution in [0.15, 0.2) is 0 Å². The van der Waals surface area contributed by atoms with Crippen molar-refractivity contribution in [1.82, 2.24) is 15.5 Å². The zero-order chi connectivity index (χ0) is 14.4. The Morgan fingerprint density at radius 2 is 2.00 bits per heavy atom. The van der Waals surface area contributed by atoms with Gasteiger partial charge in [-0.05, 0) is 45.3 Å². The van der Waals surface area contributed by atoms with Gasteiger partial charge in [0, 0.05) is 19.1 Å². The lowest BCUT2D eigenvalue weighted by atomic mass is 9.94. The molecule has 2 fully saturated rings. The second-order valence-electron chi connectivity index (χ2n) is 6.66. The Morgan fingerprint density at radius 3 is 2.65 bits per heavy atom. The maximum absolute atomic E-state index is 12.0. The van der Waals surface area contributed by atoms with E-state index < -0.39 is 0 Å². The Hall–Kier alpha value is -0.610. The molecule has 0 unspecified atom stereocenters. The molecule has 0 aromatic rings. The molecule has 0 spiro atoms. The lowest BCUT2D eigenvalue weighted by Crippen LogP contribution is -2.38. The van der Waals surface area contributed by atoms with Crippen molar-refractivity contribution in [2.45, 2.75) is 51.5 Å². The molecule has 0 bridgehead atoms. The third-order valence-electron chi connectivity index (χ3n) is 5.04. The zero-order valence-electron chi connectivity index (χ0n) is 13.2. The van der Waals surface area contributed by atoms with E-state index in [0.29, 0.717) is 5.92 Å². The normalized spacial score (nSPS) is 27.9. The highest BCUT2D eigenvalue weighted by atomic mass is 16.1. The number of carbonyl (C=O) groups is 1. The number of hydrogen-bond acceptors (Lipinski definition) is 3. The summed E-state index contributed by atoms with van der Waals surface area (Å²) in [5, 5.41) is 6.39. The zero-order valence-corrected chi connectivity index (χ0v) is 13.2. The van der Waals surface area contributed by atoms with Gasteiger partial charge in [0.05, 0.1) is 5.92 Å². The number of hydrogen-bond donors (Lipinski definition) is 2. The van der Waals surface area contributed by atoms with Crippen molar-refractivity contribution >= 4 is 5.91 Å². The van der Waals surface area contributed by atoms with Crippen LogP contribution in [-0.4, -0.2) is 50.1 Å². The molecule has 0 aromatic heterocycles. The summed E-state index contributed by atoms with van der Waals surface area (Å²) in [7, 11) is 2.24. The van der Waals surface area contributed by atoms with Crippen LogP contribution in [0, 0.1) is 11.8 Å². The molecule has 2 atom stereocenters. The molecule has 1 saturated heterocycles. The molecule has 116 valence electrons. The predicted octanol–water partition coefficient (Wildman–Crippen LogP) is 1.61. The van der Waals surface area contributed by atoms with Crippen molar-refractivity contribution in [2.75, 3.05) is 33.2 Å². The Labute approximate surface area is 123 Å². The largest absolute Gasteiger partial charge is 0.356 e. The summed E-state index contributed by atoms with van der Waals surface area (Å²) in [6.45, 7) is 5.89. The van der Waals surface area contributed by atoms with E-state index >= 15 is 0 Å². The molecular weight excluding hydrogens is 250 g/mol. The summed E-state index contributed by atoms with van der Waals surface area (Å²) < 4.78 is 0. The summed E-state index contributed by atoms with van der Waals surface area (Å²) in [4.78, 5) is 14.5. The topological polar surface area (TPSA) is 44.4 Å². The van der Waals surface area contributed by atoms with Crippen LogP contribution in [0.5, 0.6) is 0 Å². The highest BCUT2D eigenvalue weighted by Crippen LogP contribution is 2.21. The van der Waals surface area contributed by atoms with Gasteiger partial charge in [0.25, 0.3) is 0 Å². The number of nitrogens with zero attached hydrogens (tertiary/aromatic N) is 1. The number of carbonyl (C=O) groups excluding carboxylic acids is 1. The van der Waals surface area contributed by atoms with Crippen LogP contribution in [0.25, 0.3) is 0 Å². The van der Waals surface area contributed by atoms with Gasteiger partial charge in [-0.3, -0.25) is 4.79 Å². The minimum absolute atomic E-state index is 0.172. The number of nitrogens with one attached hydrogen (secondary N) is 2. The second kappa shape index (κ2) is 7.99. The first-order valence-corrected chi connectivity index (χ1v) is 8.37. The fourth-order valence-electron chi connectivity index (χ4n) is 3.54. The predicted molar refractivity (Wildman–Crippen MR) is 82.7 cm³/mol. The van der Waals surface area contributed by atoms with Crippen LogP contribution in [0.1, 0.15) is 45.4 Å². The van der Waals surface area contributed by atoms with Crippen LogP contribution < -0.4 is 10.6 Å². The van der Waals surface area contributed by atoms with E-state index in [1.807, 2.05) is 0 Å². The molecule has 1 amide bonds. The fraction of sp³-hybridized carbons (Fsp3) is 0.938. The van der Waals surface area contributed by atoms with Crippen molar-refractivity contribution in [3.63, 3.8) is 0 Å². The molecular formula is C16H31N3O. The quantitative estimate of drug-likeness (QED) is 0.727. The molecule has 2 N–H and O–H groups in total. The van der Waals surface area contributed by atoms with Gasteiger partial charge in [0.2, 0.25) is 5.91 Å². The molecule has 1 aliphatic carbocycles. The first kappa shape index (κ1) is 15.8. The lowest BCUT2D eigenvalue weighted by molar-refractivity contribution is -0.125. The molecule has 4 nitrogen and oxygen atoms in total. The lowest BCUT2D eigenvalue weighted by Gasteiger charge is -2.31. The maximum Gasteiger partial charge on any atom is 0.224 e. The van der Waals surface area contributed by atoms with E-state index in [2.05, 4.69) is 29.5 Å². The summed E-state index contributed by atoms with van der Waals surface area (Å²) in [6, 6.07) is 0.776. The summed E-state index contributed by atoms with van der Waals surface area (Å²) in [6.07, 6.45) is 7.96. The molecule has 2 aliphatic rings. The third kappa shape index (κ3) is 4.45.